The third-order valence-electron chi connectivity index (χ3n) is 2.88. The molecular formula is C11H18N4O2. The number of nitrogen functional groups attached to an aromatic ring is 1. The van der Waals surface area contributed by atoms with Gasteiger partial charge in [-0.25, -0.2) is 9.97 Å². The van der Waals surface area contributed by atoms with Gasteiger partial charge in [-0.15, -0.1) is 0 Å². The molecule has 17 heavy (non-hydrogen) atoms. The van der Waals surface area contributed by atoms with Crippen molar-refractivity contribution in [2.24, 2.45) is 0 Å². The molecular weight excluding hydrogens is 220 g/mol. The molecule has 1 fully saturated rings. The molecule has 0 unspecified atom stereocenters. The van der Waals surface area contributed by atoms with Gasteiger partial charge in [-0.2, -0.15) is 0 Å². The van der Waals surface area contributed by atoms with Crippen molar-refractivity contribution in [1.29, 1.82) is 0 Å². The first-order valence-electron chi connectivity index (χ1n) is 5.84. The van der Waals surface area contributed by atoms with Gasteiger partial charge in [0.05, 0.1) is 19.3 Å². The average molecular weight is 238 g/mol. The lowest BCUT2D eigenvalue weighted by Gasteiger charge is -2.32. The maximum Gasteiger partial charge on any atom is 0.134 e. The summed E-state index contributed by atoms with van der Waals surface area (Å²) in [5, 5.41) is 8.69. The third kappa shape index (κ3) is 3.28. The minimum atomic E-state index is 0.0860. The molecule has 2 rings (SSSR count). The number of nitrogens with two attached hydrogens (primary N) is 1. The molecule has 0 amide bonds. The van der Waals surface area contributed by atoms with Gasteiger partial charge in [0.2, 0.25) is 0 Å². The predicted molar refractivity (Wildman–Crippen MR) is 64.7 cm³/mol. The summed E-state index contributed by atoms with van der Waals surface area (Å²) in [7, 11) is 0. The number of piperidine rings is 1. The van der Waals surface area contributed by atoms with Gasteiger partial charge >= 0.3 is 0 Å². The molecule has 1 aliphatic heterocycles. The fraction of sp³-hybridized carbons (Fsp3) is 0.636. The standard InChI is InChI=1S/C11H18N4O2/c12-10-7-11(14-8-13-10)15-3-1-9(2-4-15)17-6-5-16/h7-9,16H,1-6H2,(H2,12,13,14). The van der Waals surface area contributed by atoms with Crippen LogP contribution < -0.4 is 10.6 Å². The van der Waals surface area contributed by atoms with E-state index in [0.717, 1.165) is 31.7 Å². The molecule has 6 nitrogen and oxygen atoms in total. The second-order valence-electron chi connectivity index (χ2n) is 4.08. The Morgan fingerprint density at radius 1 is 1.41 bits per heavy atom. The van der Waals surface area contributed by atoms with Crippen molar-refractivity contribution in [3.8, 4) is 0 Å². The minimum absolute atomic E-state index is 0.0860. The average Bonchev–Trinajstić information content (AvgIpc) is 2.37. The van der Waals surface area contributed by atoms with Crippen molar-refractivity contribution in [1.82, 2.24) is 9.97 Å². The van der Waals surface area contributed by atoms with E-state index >= 15 is 0 Å². The Labute approximate surface area is 100 Å². The number of anilines is 2. The third-order valence-corrected chi connectivity index (χ3v) is 2.88. The Morgan fingerprint density at radius 2 is 2.18 bits per heavy atom. The molecule has 0 atom stereocenters. The predicted octanol–water partition coefficient (Wildman–Crippen LogP) is 0.0365. The van der Waals surface area contributed by atoms with Crippen LogP contribution in [-0.2, 0) is 4.74 Å². The van der Waals surface area contributed by atoms with E-state index in [1.54, 1.807) is 6.07 Å². The Hall–Kier alpha value is -1.40. The highest BCUT2D eigenvalue weighted by Crippen LogP contribution is 2.19. The molecule has 6 heteroatoms. The maximum atomic E-state index is 8.69. The molecule has 0 saturated carbocycles. The van der Waals surface area contributed by atoms with E-state index in [-0.39, 0.29) is 12.7 Å². The molecule has 0 radical (unpaired) electrons. The molecule has 1 aromatic heterocycles. The highest BCUT2D eigenvalue weighted by Gasteiger charge is 2.20. The first-order valence-corrected chi connectivity index (χ1v) is 5.84. The second-order valence-corrected chi connectivity index (χ2v) is 4.08. The van der Waals surface area contributed by atoms with E-state index in [4.69, 9.17) is 15.6 Å². The lowest BCUT2D eigenvalue weighted by atomic mass is 10.1. The SMILES string of the molecule is Nc1cc(N2CCC(OCCO)CC2)ncn1. The number of ether oxygens (including phenoxy) is 1. The van der Waals surface area contributed by atoms with Gasteiger partial charge in [-0.1, -0.05) is 0 Å². The highest BCUT2D eigenvalue weighted by atomic mass is 16.5. The Kier molecular flexibility index (Phi) is 4.11. The Bertz CT molecular complexity index is 353. The topological polar surface area (TPSA) is 84.5 Å². The number of aromatic nitrogens is 2. The molecule has 1 aromatic rings. The first kappa shape index (κ1) is 12.1. The zero-order valence-corrected chi connectivity index (χ0v) is 9.75. The van der Waals surface area contributed by atoms with Gasteiger partial charge in [0.25, 0.3) is 0 Å². The molecule has 1 aliphatic rings. The summed E-state index contributed by atoms with van der Waals surface area (Å²) in [6.07, 6.45) is 3.63. The lowest BCUT2D eigenvalue weighted by molar-refractivity contribution is 0.0158. The van der Waals surface area contributed by atoms with E-state index < -0.39 is 0 Å². The van der Waals surface area contributed by atoms with Gasteiger partial charge in [-0.3, -0.25) is 0 Å². The Morgan fingerprint density at radius 3 is 2.82 bits per heavy atom. The van der Waals surface area contributed by atoms with Crippen LogP contribution in [0.1, 0.15) is 12.8 Å². The van der Waals surface area contributed by atoms with Gasteiger partial charge < -0.3 is 20.5 Å². The van der Waals surface area contributed by atoms with E-state index in [9.17, 15) is 0 Å². The summed E-state index contributed by atoms with van der Waals surface area (Å²) in [6.45, 7) is 2.30. The fourth-order valence-electron chi connectivity index (χ4n) is 2.01. The van der Waals surface area contributed by atoms with Gasteiger partial charge in [0.15, 0.2) is 0 Å². The van der Waals surface area contributed by atoms with Crippen LogP contribution in [0.3, 0.4) is 0 Å². The molecule has 0 aromatic carbocycles. The van der Waals surface area contributed by atoms with Crippen LogP contribution >= 0.6 is 0 Å². The van der Waals surface area contributed by atoms with Gasteiger partial charge in [0.1, 0.15) is 18.0 Å². The lowest BCUT2D eigenvalue weighted by Crippen LogP contribution is -2.37. The molecule has 2 heterocycles. The maximum absolute atomic E-state index is 8.69. The van der Waals surface area contributed by atoms with Crippen LogP contribution in [0.25, 0.3) is 0 Å². The number of hydrogen-bond donors (Lipinski definition) is 2. The van der Waals surface area contributed by atoms with Crippen LogP contribution in [0.4, 0.5) is 11.6 Å². The number of nitrogens with zero attached hydrogens (tertiary/aromatic N) is 3. The summed E-state index contributed by atoms with van der Waals surface area (Å²) in [4.78, 5) is 10.3. The van der Waals surface area contributed by atoms with Crippen LogP contribution in [0.15, 0.2) is 12.4 Å². The van der Waals surface area contributed by atoms with E-state index in [0.29, 0.717) is 12.4 Å². The molecule has 0 spiro atoms. The van der Waals surface area contributed by atoms with E-state index in [1.807, 2.05) is 0 Å². The van der Waals surface area contributed by atoms with Gasteiger partial charge in [-0.05, 0) is 12.8 Å². The molecule has 1 saturated heterocycles. The quantitative estimate of drug-likeness (QED) is 0.770. The zero-order valence-electron chi connectivity index (χ0n) is 9.75. The monoisotopic (exact) mass is 238 g/mol. The summed E-state index contributed by atoms with van der Waals surface area (Å²) < 4.78 is 5.51. The van der Waals surface area contributed by atoms with Crippen molar-refractivity contribution in [2.75, 3.05) is 36.9 Å². The van der Waals surface area contributed by atoms with Crippen molar-refractivity contribution in [3.63, 3.8) is 0 Å². The number of aliphatic hydroxyl groups excluding tert-OH is 1. The first-order chi connectivity index (χ1) is 8.29. The smallest absolute Gasteiger partial charge is 0.134 e. The van der Waals surface area contributed by atoms with Crippen molar-refractivity contribution in [3.05, 3.63) is 12.4 Å². The highest BCUT2D eigenvalue weighted by molar-refractivity contribution is 5.46. The number of aliphatic hydroxyl groups is 1. The van der Waals surface area contributed by atoms with Crippen LogP contribution in [0, 0.1) is 0 Å². The van der Waals surface area contributed by atoms with E-state index in [2.05, 4.69) is 14.9 Å². The fourth-order valence-corrected chi connectivity index (χ4v) is 2.01. The largest absolute Gasteiger partial charge is 0.394 e. The van der Waals surface area contributed by atoms with E-state index in [1.165, 1.54) is 6.33 Å². The number of hydrogen-bond acceptors (Lipinski definition) is 6. The summed E-state index contributed by atoms with van der Waals surface area (Å²) in [5.41, 5.74) is 5.63. The molecule has 0 bridgehead atoms. The normalized spacial score (nSPS) is 17.4. The molecule has 3 N–H and O–H groups in total. The van der Waals surface area contributed by atoms with Crippen LogP contribution in [0.5, 0.6) is 0 Å². The summed E-state index contributed by atoms with van der Waals surface area (Å²) in [5.74, 6) is 1.37. The van der Waals surface area contributed by atoms with Crippen molar-refractivity contribution >= 4 is 11.6 Å². The van der Waals surface area contributed by atoms with Crippen molar-refractivity contribution in [2.45, 2.75) is 18.9 Å². The van der Waals surface area contributed by atoms with Crippen LogP contribution in [-0.4, -0.2) is 47.5 Å². The zero-order chi connectivity index (χ0) is 12.1. The molecule has 0 aliphatic carbocycles. The summed E-state index contributed by atoms with van der Waals surface area (Å²) >= 11 is 0. The molecule has 94 valence electrons. The Balaban J connectivity index is 1.86. The summed E-state index contributed by atoms with van der Waals surface area (Å²) in [6, 6.07) is 1.79. The number of rotatable bonds is 4. The second kappa shape index (κ2) is 5.79. The van der Waals surface area contributed by atoms with Gasteiger partial charge in [0, 0.05) is 19.2 Å². The van der Waals surface area contributed by atoms with Crippen molar-refractivity contribution < 1.29 is 9.84 Å². The van der Waals surface area contributed by atoms with Crippen LogP contribution in [0.2, 0.25) is 0 Å². The minimum Gasteiger partial charge on any atom is -0.394 e.